The molecule has 0 bridgehead atoms. The fraction of sp³-hybridized carbons (Fsp3) is 0.364. The number of aliphatic imine (C=N–C) groups is 1. The molecule has 0 aliphatic heterocycles. The number of halogens is 3. The summed E-state index contributed by atoms with van der Waals surface area (Å²) in [6.45, 7) is 0.718. The highest BCUT2D eigenvalue weighted by molar-refractivity contribution is 5.92. The molecular formula is C11H14F3N3. The van der Waals surface area contributed by atoms with Gasteiger partial charge in [-0.25, -0.2) is 4.99 Å². The third-order valence-electron chi connectivity index (χ3n) is 1.43. The highest BCUT2D eigenvalue weighted by atomic mass is 19.4. The van der Waals surface area contributed by atoms with Crippen molar-refractivity contribution in [3.63, 3.8) is 0 Å². The molecule has 0 unspecified atom stereocenters. The van der Waals surface area contributed by atoms with Crippen LogP contribution in [-0.2, 0) is 0 Å². The number of amidine groups is 1. The Balaban J connectivity index is 4.18. The quantitative estimate of drug-likeness (QED) is 0.335. The molecule has 0 heterocycles. The lowest BCUT2D eigenvalue weighted by Crippen LogP contribution is -2.33. The molecule has 0 aromatic rings. The van der Waals surface area contributed by atoms with E-state index in [1.807, 2.05) is 0 Å². The largest absolute Gasteiger partial charge is 0.405 e. The van der Waals surface area contributed by atoms with Gasteiger partial charge in [-0.3, -0.25) is 0 Å². The van der Waals surface area contributed by atoms with Gasteiger partial charge in [0, 0.05) is 12.3 Å². The highest BCUT2D eigenvalue weighted by Gasteiger charge is 2.26. The van der Waals surface area contributed by atoms with Crippen LogP contribution in [0.25, 0.3) is 0 Å². The van der Waals surface area contributed by atoms with E-state index < -0.39 is 12.7 Å². The second-order valence-corrected chi connectivity index (χ2v) is 2.87. The third kappa shape index (κ3) is 10.4. The zero-order valence-electron chi connectivity index (χ0n) is 9.38. The fourth-order valence-electron chi connectivity index (χ4n) is 0.807. The van der Waals surface area contributed by atoms with Gasteiger partial charge < -0.3 is 10.6 Å². The molecule has 0 aliphatic carbocycles. The summed E-state index contributed by atoms with van der Waals surface area (Å²) in [7, 11) is 0. The minimum absolute atomic E-state index is 0.142. The Morgan fingerprint density at radius 3 is 2.71 bits per heavy atom. The number of allylic oxidation sites excluding steroid dienone is 2. The van der Waals surface area contributed by atoms with Crippen LogP contribution in [0.3, 0.4) is 0 Å². The summed E-state index contributed by atoms with van der Waals surface area (Å²) in [5.74, 6) is 2.41. The van der Waals surface area contributed by atoms with Gasteiger partial charge in [0.05, 0.1) is 0 Å². The predicted octanol–water partition coefficient (Wildman–Crippen LogP) is 1.81. The van der Waals surface area contributed by atoms with Crippen LogP contribution in [0.15, 0.2) is 29.4 Å². The zero-order valence-corrected chi connectivity index (χ0v) is 9.38. The summed E-state index contributed by atoms with van der Waals surface area (Å²) < 4.78 is 35.9. The molecule has 0 aromatic heterocycles. The van der Waals surface area contributed by atoms with Crippen molar-refractivity contribution in [3.05, 3.63) is 24.4 Å². The van der Waals surface area contributed by atoms with E-state index in [4.69, 9.17) is 6.42 Å². The third-order valence-corrected chi connectivity index (χ3v) is 1.43. The van der Waals surface area contributed by atoms with E-state index in [9.17, 15) is 13.2 Å². The SMILES string of the molecule is C#C/C=C/NC/N=C(\C=C/C)NCC(F)(F)F. The number of rotatable bonds is 5. The normalized spacial score (nSPS) is 13.0. The highest BCUT2D eigenvalue weighted by Crippen LogP contribution is 2.12. The molecule has 0 spiro atoms. The van der Waals surface area contributed by atoms with E-state index >= 15 is 0 Å². The molecule has 3 nitrogen and oxygen atoms in total. The van der Waals surface area contributed by atoms with Crippen LogP contribution in [0.4, 0.5) is 13.2 Å². The Bertz CT molecular complexity index is 335. The van der Waals surface area contributed by atoms with Crippen molar-refractivity contribution in [1.29, 1.82) is 0 Å². The number of terminal acetylenes is 1. The smallest absolute Gasteiger partial charge is 0.372 e. The van der Waals surface area contributed by atoms with E-state index in [0.29, 0.717) is 0 Å². The van der Waals surface area contributed by atoms with Crippen molar-refractivity contribution in [2.75, 3.05) is 13.2 Å². The summed E-state index contributed by atoms with van der Waals surface area (Å²) in [5, 5.41) is 4.89. The van der Waals surface area contributed by atoms with Gasteiger partial charge in [-0.15, -0.1) is 6.42 Å². The van der Waals surface area contributed by atoms with Crippen LogP contribution in [0.1, 0.15) is 6.92 Å². The Kier molecular flexibility index (Phi) is 7.35. The topological polar surface area (TPSA) is 36.4 Å². The van der Waals surface area contributed by atoms with Crippen molar-refractivity contribution in [2.24, 2.45) is 4.99 Å². The summed E-state index contributed by atoms with van der Waals surface area (Å²) in [4.78, 5) is 3.88. The van der Waals surface area contributed by atoms with Crippen molar-refractivity contribution >= 4 is 5.84 Å². The maximum atomic E-state index is 12.0. The minimum Gasteiger partial charge on any atom is -0.372 e. The van der Waals surface area contributed by atoms with Gasteiger partial charge in [-0.1, -0.05) is 12.0 Å². The molecule has 0 rings (SSSR count). The maximum absolute atomic E-state index is 12.0. The Hall–Kier alpha value is -1.90. The Morgan fingerprint density at radius 2 is 2.18 bits per heavy atom. The first-order chi connectivity index (χ1) is 7.99. The van der Waals surface area contributed by atoms with Crippen molar-refractivity contribution in [3.8, 4) is 12.3 Å². The molecule has 0 aromatic carbocycles. The molecule has 17 heavy (non-hydrogen) atoms. The number of hydrogen-bond donors (Lipinski definition) is 2. The number of nitrogens with zero attached hydrogens (tertiary/aromatic N) is 1. The van der Waals surface area contributed by atoms with Crippen LogP contribution in [0.5, 0.6) is 0 Å². The second-order valence-electron chi connectivity index (χ2n) is 2.87. The molecule has 6 heteroatoms. The van der Waals surface area contributed by atoms with Crippen LogP contribution in [0.2, 0.25) is 0 Å². The molecule has 0 aliphatic rings. The zero-order chi connectivity index (χ0) is 13.1. The minimum atomic E-state index is -4.26. The van der Waals surface area contributed by atoms with Gasteiger partial charge in [-0.05, 0) is 13.0 Å². The standard InChI is InChI=1S/C11H14F3N3/c1-3-5-7-15-9-17-10(6-4-2)16-8-11(12,13)14/h1,4-7,15H,8-9H2,2H3,(H,16,17)/b6-4-,7-5+. The maximum Gasteiger partial charge on any atom is 0.405 e. The van der Waals surface area contributed by atoms with Gasteiger partial charge in [0.25, 0.3) is 0 Å². The summed E-state index contributed by atoms with van der Waals surface area (Å²) in [6.07, 6.45) is 6.65. The first-order valence-corrected chi connectivity index (χ1v) is 4.82. The van der Waals surface area contributed by atoms with Gasteiger partial charge in [0.1, 0.15) is 19.0 Å². The molecule has 0 radical (unpaired) electrons. The van der Waals surface area contributed by atoms with Crippen LogP contribution >= 0.6 is 0 Å². The number of hydrogen-bond acceptors (Lipinski definition) is 2. The van der Waals surface area contributed by atoms with Crippen molar-refractivity contribution in [1.82, 2.24) is 10.6 Å². The predicted molar refractivity (Wildman–Crippen MR) is 62.3 cm³/mol. The van der Waals surface area contributed by atoms with Crippen molar-refractivity contribution in [2.45, 2.75) is 13.1 Å². The molecule has 0 fully saturated rings. The molecule has 0 saturated heterocycles. The van der Waals surface area contributed by atoms with E-state index in [1.165, 1.54) is 18.4 Å². The van der Waals surface area contributed by atoms with Crippen LogP contribution in [0, 0.1) is 12.3 Å². The monoisotopic (exact) mass is 245 g/mol. The van der Waals surface area contributed by atoms with Gasteiger partial charge in [0.2, 0.25) is 0 Å². The van der Waals surface area contributed by atoms with Gasteiger partial charge in [0.15, 0.2) is 0 Å². The Labute approximate surface area is 98.5 Å². The lowest BCUT2D eigenvalue weighted by atomic mass is 10.4. The lowest BCUT2D eigenvalue weighted by Gasteiger charge is -2.09. The average Bonchev–Trinajstić information content (AvgIpc) is 2.24. The summed E-state index contributed by atoms with van der Waals surface area (Å²) in [6, 6.07) is 0. The molecule has 0 atom stereocenters. The van der Waals surface area contributed by atoms with Gasteiger partial charge in [-0.2, -0.15) is 13.2 Å². The van der Waals surface area contributed by atoms with Crippen LogP contribution in [-0.4, -0.2) is 25.2 Å². The average molecular weight is 245 g/mol. The second kappa shape index (κ2) is 8.28. The molecule has 2 N–H and O–H groups in total. The number of alkyl halides is 3. The number of nitrogens with one attached hydrogen (secondary N) is 2. The molecule has 0 amide bonds. The molecular weight excluding hydrogens is 231 g/mol. The first kappa shape index (κ1) is 15.1. The van der Waals surface area contributed by atoms with E-state index in [-0.39, 0.29) is 12.5 Å². The lowest BCUT2D eigenvalue weighted by molar-refractivity contribution is -0.121. The summed E-state index contributed by atoms with van der Waals surface area (Å²) >= 11 is 0. The van der Waals surface area contributed by atoms with E-state index in [1.54, 1.807) is 13.0 Å². The van der Waals surface area contributed by atoms with Gasteiger partial charge >= 0.3 is 6.18 Å². The van der Waals surface area contributed by atoms with E-state index in [2.05, 4.69) is 21.5 Å². The van der Waals surface area contributed by atoms with Crippen molar-refractivity contribution < 1.29 is 13.2 Å². The molecule has 94 valence electrons. The first-order valence-electron chi connectivity index (χ1n) is 4.82. The van der Waals surface area contributed by atoms with Crippen LogP contribution < -0.4 is 10.6 Å². The van der Waals surface area contributed by atoms with E-state index in [0.717, 1.165) is 0 Å². The Morgan fingerprint density at radius 1 is 1.47 bits per heavy atom. The molecule has 0 saturated carbocycles. The fourth-order valence-corrected chi connectivity index (χ4v) is 0.807. The summed E-state index contributed by atoms with van der Waals surface area (Å²) in [5.41, 5.74) is 0.